The van der Waals surface area contributed by atoms with E-state index in [4.69, 9.17) is 14.9 Å². The Morgan fingerprint density at radius 3 is 2.56 bits per heavy atom. The Bertz CT molecular complexity index is 360. The molecule has 0 aliphatic rings. The number of hydrogen-bond acceptors (Lipinski definition) is 5. The van der Waals surface area contributed by atoms with Gasteiger partial charge < -0.3 is 19.7 Å². The molecule has 1 aromatic carbocycles. The number of methoxy groups -OCH3 is 1. The van der Waals surface area contributed by atoms with Gasteiger partial charge in [0.2, 0.25) is 0 Å². The molecular weight excluding hydrogens is 236 g/mol. The van der Waals surface area contributed by atoms with E-state index in [1.165, 1.54) is 7.11 Å². The van der Waals surface area contributed by atoms with E-state index in [0.717, 1.165) is 5.56 Å². The zero-order valence-electron chi connectivity index (χ0n) is 10.3. The van der Waals surface area contributed by atoms with Gasteiger partial charge in [-0.3, -0.25) is 4.79 Å². The number of carbonyl (C=O) groups is 1. The summed E-state index contributed by atoms with van der Waals surface area (Å²) in [4.78, 5) is 11.0. The number of hydrogen-bond donors (Lipinski definition) is 2. The molecule has 0 aliphatic heterocycles. The number of rotatable bonds is 7. The van der Waals surface area contributed by atoms with E-state index in [2.05, 4.69) is 4.74 Å². The maximum absolute atomic E-state index is 11.0. The van der Waals surface area contributed by atoms with E-state index in [1.54, 1.807) is 12.1 Å². The lowest BCUT2D eigenvalue weighted by molar-refractivity contribution is -0.140. The Labute approximate surface area is 106 Å². The Kier molecular flexibility index (Phi) is 6.18. The molecule has 1 aromatic rings. The van der Waals surface area contributed by atoms with E-state index in [9.17, 15) is 4.79 Å². The summed E-state index contributed by atoms with van der Waals surface area (Å²) in [6.07, 6.45) is 0.0931. The molecule has 1 rings (SSSR count). The van der Waals surface area contributed by atoms with Crippen molar-refractivity contribution < 1.29 is 24.5 Å². The van der Waals surface area contributed by atoms with Gasteiger partial charge in [0.05, 0.1) is 13.7 Å². The minimum atomic E-state index is -0.871. The largest absolute Gasteiger partial charge is 0.491 e. The smallest absolute Gasteiger partial charge is 0.305 e. The average Bonchev–Trinajstić information content (AvgIpc) is 2.43. The van der Waals surface area contributed by atoms with Crippen LogP contribution in [0.15, 0.2) is 24.3 Å². The standard InChI is InChI=1S/C13H18O5/c1-17-13(16)7-4-10-2-5-12(6-3-10)18-9-11(15)8-14/h2-3,5-6,11,14-15H,4,7-9H2,1H3. The summed E-state index contributed by atoms with van der Waals surface area (Å²) >= 11 is 0. The van der Waals surface area contributed by atoms with Crippen LogP contribution < -0.4 is 4.74 Å². The SMILES string of the molecule is COC(=O)CCc1ccc(OCC(O)CO)cc1. The zero-order valence-corrected chi connectivity index (χ0v) is 10.3. The van der Waals surface area contributed by atoms with Gasteiger partial charge in [0.25, 0.3) is 0 Å². The van der Waals surface area contributed by atoms with Crippen LogP contribution in [0.4, 0.5) is 0 Å². The van der Waals surface area contributed by atoms with Gasteiger partial charge in [-0.15, -0.1) is 0 Å². The molecule has 18 heavy (non-hydrogen) atoms. The highest BCUT2D eigenvalue weighted by atomic mass is 16.5. The van der Waals surface area contributed by atoms with Gasteiger partial charge in [0.1, 0.15) is 18.5 Å². The summed E-state index contributed by atoms with van der Waals surface area (Å²) < 4.78 is 9.82. The minimum Gasteiger partial charge on any atom is -0.491 e. The number of esters is 1. The Morgan fingerprint density at radius 1 is 1.33 bits per heavy atom. The molecule has 0 amide bonds. The number of benzene rings is 1. The molecule has 100 valence electrons. The van der Waals surface area contributed by atoms with Crippen molar-refractivity contribution in [1.82, 2.24) is 0 Å². The van der Waals surface area contributed by atoms with Gasteiger partial charge >= 0.3 is 5.97 Å². The zero-order chi connectivity index (χ0) is 13.4. The molecule has 0 aliphatic carbocycles. The number of carbonyl (C=O) groups excluding carboxylic acids is 1. The first-order valence-corrected chi connectivity index (χ1v) is 5.73. The molecular formula is C13H18O5. The molecule has 0 saturated carbocycles. The van der Waals surface area contributed by atoms with E-state index in [1.807, 2.05) is 12.1 Å². The van der Waals surface area contributed by atoms with Crippen LogP contribution in [-0.4, -0.2) is 42.6 Å². The second-order valence-corrected chi connectivity index (χ2v) is 3.87. The van der Waals surface area contributed by atoms with Crippen molar-refractivity contribution in [3.63, 3.8) is 0 Å². The van der Waals surface area contributed by atoms with Crippen LogP contribution in [0.1, 0.15) is 12.0 Å². The summed E-state index contributed by atoms with van der Waals surface area (Å²) in [6, 6.07) is 7.22. The molecule has 2 N–H and O–H groups in total. The molecule has 1 unspecified atom stereocenters. The van der Waals surface area contributed by atoms with Crippen LogP contribution in [-0.2, 0) is 16.0 Å². The molecule has 0 bridgehead atoms. The number of ether oxygens (including phenoxy) is 2. The van der Waals surface area contributed by atoms with Crippen molar-refractivity contribution in [2.24, 2.45) is 0 Å². The first-order valence-electron chi connectivity index (χ1n) is 5.73. The lowest BCUT2D eigenvalue weighted by Gasteiger charge is -2.10. The molecule has 5 nitrogen and oxygen atoms in total. The van der Waals surface area contributed by atoms with Crippen LogP contribution in [0.25, 0.3) is 0 Å². The average molecular weight is 254 g/mol. The Balaban J connectivity index is 2.40. The summed E-state index contributed by atoms with van der Waals surface area (Å²) in [5.74, 6) is 0.380. The molecule has 0 spiro atoms. The molecule has 0 saturated heterocycles. The lowest BCUT2D eigenvalue weighted by atomic mass is 10.1. The third kappa shape index (κ3) is 5.16. The second kappa shape index (κ2) is 7.68. The van der Waals surface area contributed by atoms with Gasteiger partial charge in [-0.25, -0.2) is 0 Å². The maximum Gasteiger partial charge on any atom is 0.305 e. The highest BCUT2D eigenvalue weighted by Crippen LogP contribution is 2.13. The van der Waals surface area contributed by atoms with Crippen LogP contribution >= 0.6 is 0 Å². The highest BCUT2D eigenvalue weighted by Gasteiger charge is 2.04. The lowest BCUT2D eigenvalue weighted by Crippen LogP contribution is -2.21. The van der Waals surface area contributed by atoms with Gasteiger partial charge in [0.15, 0.2) is 0 Å². The van der Waals surface area contributed by atoms with E-state index < -0.39 is 6.10 Å². The Morgan fingerprint density at radius 2 is 2.00 bits per heavy atom. The first kappa shape index (κ1) is 14.5. The van der Waals surface area contributed by atoms with E-state index in [0.29, 0.717) is 18.6 Å². The van der Waals surface area contributed by atoms with Crippen LogP contribution in [0.2, 0.25) is 0 Å². The third-order valence-corrected chi connectivity index (χ3v) is 2.42. The van der Waals surface area contributed by atoms with Crippen molar-refractivity contribution in [3.8, 4) is 5.75 Å². The van der Waals surface area contributed by atoms with E-state index >= 15 is 0 Å². The van der Waals surface area contributed by atoms with Crippen LogP contribution in [0.3, 0.4) is 0 Å². The summed E-state index contributed by atoms with van der Waals surface area (Å²) in [5.41, 5.74) is 1.01. The van der Waals surface area contributed by atoms with Crippen LogP contribution in [0, 0.1) is 0 Å². The fraction of sp³-hybridized carbons (Fsp3) is 0.462. The van der Waals surface area contributed by atoms with Crippen LogP contribution in [0.5, 0.6) is 5.75 Å². The summed E-state index contributed by atoms with van der Waals surface area (Å²) in [5, 5.41) is 17.7. The topological polar surface area (TPSA) is 76.0 Å². The number of aryl methyl sites for hydroxylation is 1. The van der Waals surface area contributed by atoms with Crippen molar-refractivity contribution >= 4 is 5.97 Å². The molecule has 1 atom stereocenters. The van der Waals surface area contributed by atoms with Crippen molar-refractivity contribution in [2.75, 3.05) is 20.3 Å². The maximum atomic E-state index is 11.0. The minimum absolute atomic E-state index is 0.0536. The van der Waals surface area contributed by atoms with E-state index in [-0.39, 0.29) is 19.2 Å². The second-order valence-electron chi connectivity index (χ2n) is 3.87. The predicted octanol–water partition coefficient (Wildman–Crippen LogP) is 0.524. The monoisotopic (exact) mass is 254 g/mol. The molecule has 0 heterocycles. The number of aliphatic hydroxyl groups is 2. The third-order valence-electron chi connectivity index (χ3n) is 2.42. The van der Waals surface area contributed by atoms with Gasteiger partial charge in [-0.05, 0) is 24.1 Å². The normalized spacial score (nSPS) is 11.9. The first-order chi connectivity index (χ1) is 8.65. The van der Waals surface area contributed by atoms with Gasteiger partial charge in [-0.1, -0.05) is 12.1 Å². The van der Waals surface area contributed by atoms with Crippen molar-refractivity contribution in [1.29, 1.82) is 0 Å². The Hall–Kier alpha value is -1.59. The molecule has 5 heteroatoms. The summed E-state index contributed by atoms with van der Waals surface area (Å²) in [6.45, 7) is -0.269. The number of aliphatic hydroxyl groups excluding tert-OH is 2. The van der Waals surface area contributed by atoms with Gasteiger partial charge in [-0.2, -0.15) is 0 Å². The van der Waals surface area contributed by atoms with Gasteiger partial charge in [0, 0.05) is 6.42 Å². The molecule has 0 radical (unpaired) electrons. The summed E-state index contributed by atoms with van der Waals surface area (Å²) in [7, 11) is 1.37. The fourth-order valence-electron chi connectivity index (χ4n) is 1.35. The quantitative estimate of drug-likeness (QED) is 0.694. The highest BCUT2D eigenvalue weighted by molar-refractivity contribution is 5.69. The van der Waals surface area contributed by atoms with Crippen molar-refractivity contribution in [3.05, 3.63) is 29.8 Å². The van der Waals surface area contributed by atoms with Crippen molar-refractivity contribution in [2.45, 2.75) is 18.9 Å². The molecule has 0 aromatic heterocycles. The fourth-order valence-corrected chi connectivity index (χ4v) is 1.35. The predicted molar refractivity (Wildman–Crippen MR) is 65.4 cm³/mol. The molecule has 0 fully saturated rings.